The lowest BCUT2D eigenvalue weighted by Gasteiger charge is -2.36. The maximum absolute atomic E-state index is 14.5. The fourth-order valence-electron chi connectivity index (χ4n) is 5.88. The van der Waals surface area contributed by atoms with Gasteiger partial charge in [0.25, 0.3) is 5.56 Å². The number of halogens is 1. The number of pyridine rings is 1. The lowest BCUT2D eigenvalue weighted by molar-refractivity contribution is -0.119. The number of H-pyrrole nitrogens is 2. The van der Waals surface area contributed by atoms with Crippen molar-refractivity contribution >= 4 is 39.2 Å². The van der Waals surface area contributed by atoms with Gasteiger partial charge in [0.15, 0.2) is 0 Å². The molecule has 198 valence electrons. The summed E-state index contributed by atoms with van der Waals surface area (Å²) in [6, 6.07) is 10.5. The first-order chi connectivity index (χ1) is 18.4. The van der Waals surface area contributed by atoms with Crippen molar-refractivity contribution in [1.29, 1.82) is 0 Å². The number of anilines is 2. The van der Waals surface area contributed by atoms with Crippen LogP contribution in [0.15, 0.2) is 41.2 Å². The Bertz CT molecular complexity index is 1570. The van der Waals surface area contributed by atoms with Gasteiger partial charge < -0.3 is 25.5 Å². The van der Waals surface area contributed by atoms with Crippen molar-refractivity contribution in [2.24, 2.45) is 0 Å². The zero-order valence-corrected chi connectivity index (χ0v) is 21.5. The van der Waals surface area contributed by atoms with Gasteiger partial charge in [-0.3, -0.25) is 14.5 Å². The summed E-state index contributed by atoms with van der Waals surface area (Å²) in [4.78, 5) is 42.8. The smallest absolute Gasteiger partial charge is 0.261 e. The Hall–Kier alpha value is -3.76. The number of carbonyl (C=O) groups excluding carboxylic acids is 1. The van der Waals surface area contributed by atoms with Gasteiger partial charge in [-0.05, 0) is 69.1 Å². The van der Waals surface area contributed by atoms with Crippen LogP contribution in [0.2, 0.25) is 0 Å². The number of likely N-dealkylation sites (N-methyl/N-ethyl adjacent to an activating group) is 1. The van der Waals surface area contributed by atoms with Gasteiger partial charge in [0.2, 0.25) is 5.91 Å². The number of nitrogens with one attached hydrogen (secondary N) is 2. The molecule has 0 atom stereocenters. The summed E-state index contributed by atoms with van der Waals surface area (Å²) in [6.07, 6.45) is 4.83. The highest BCUT2D eigenvalue weighted by molar-refractivity contribution is 5.99. The second kappa shape index (κ2) is 9.85. The summed E-state index contributed by atoms with van der Waals surface area (Å²) in [5, 5.41) is 0.151. The largest absolute Gasteiger partial charge is 0.397 e. The molecule has 2 fully saturated rings. The van der Waals surface area contributed by atoms with Crippen molar-refractivity contribution < 1.29 is 9.18 Å². The maximum atomic E-state index is 14.5. The van der Waals surface area contributed by atoms with Crippen LogP contribution in [-0.2, 0) is 4.79 Å². The van der Waals surface area contributed by atoms with E-state index in [1.165, 1.54) is 38.1 Å². The van der Waals surface area contributed by atoms with Gasteiger partial charge in [0.05, 0.1) is 34.2 Å². The molecule has 2 aliphatic rings. The number of rotatable bonds is 5. The van der Waals surface area contributed by atoms with Crippen LogP contribution in [0.4, 0.5) is 15.8 Å². The second-order valence-electron chi connectivity index (χ2n) is 10.4. The van der Waals surface area contributed by atoms with Gasteiger partial charge in [-0.1, -0.05) is 6.07 Å². The number of amides is 1. The van der Waals surface area contributed by atoms with Crippen molar-refractivity contribution in [3.05, 3.63) is 52.6 Å². The zero-order chi connectivity index (χ0) is 26.4. The third-order valence-corrected chi connectivity index (χ3v) is 8.06. The normalized spacial score (nSPS) is 17.5. The first-order valence-corrected chi connectivity index (χ1v) is 13.2. The van der Waals surface area contributed by atoms with Crippen LogP contribution in [0.1, 0.15) is 25.7 Å². The predicted molar refractivity (Wildman–Crippen MR) is 148 cm³/mol. The van der Waals surface area contributed by atoms with E-state index in [-0.39, 0.29) is 28.4 Å². The molecule has 38 heavy (non-hydrogen) atoms. The monoisotopic (exact) mass is 517 g/mol. The molecule has 9 nitrogen and oxygen atoms in total. The van der Waals surface area contributed by atoms with E-state index in [0.717, 1.165) is 31.6 Å². The zero-order valence-electron chi connectivity index (χ0n) is 21.5. The molecule has 2 aromatic heterocycles. The molecule has 0 saturated carbocycles. The lowest BCUT2D eigenvalue weighted by atomic mass is 10.0. The van der Waals surface area contributed by atoms with Crippen LogP contribution >= 0.6 is 0 Å². The molecule has 4 aromatic rings. The number of likely N-dealkylation sites (tertiary alicyclic amines) is 2. The Balaban J connectivity index is 1.19. The van der Waals surface area contributed by atoms with Crippen LogP contribution in [0.3, 0.4) is 0 Å². The van der Waals surface area contributed by atoms with E-state index in [1.807, 2.05) is 12.1 Å². The summed E-state index contributed by atoms with van der Waals surface area (Å²) < 4.78 is 14.5. The topological polar surface area (TPSA) is 114 Å². The van der Waals surface area contributed by atoms with Gasteiger partial charge in [0.1, 0.15) is 17.2 Å². The van der Waals surface area contributed by atoms with Crippen LogP contribution in [0.5, 0.6) is 0 Å². The Kier molecular flexibility index (Phi) is 6.37. The molecule has 6 rings (SSSR count). The number of nitrogen functional groups attached to an aromatic ring is 1. The first kappa shape index (κ1) is 24.6. The number of piperidine rings is 1. The highest BCUT2D eigenvalue weighted by Crippen LogP contribution is 2.31. The molecule has 0 spiro atoms. The van der Waals surface area contributed by atoms with Crippen molar-refractivity contribution in [2.75, 3.05) is 50.4 Å². The average molecular weight is 518 g/mol. The van der Waals surface area contributed by atoms with E-state index >= 15 is 0 Å². The van der Waals surface area contributed by atoms with Crippen molar-refractivity contribution in [2.45, 2.75) is 31.7 Å². The Morgan fingerprint density at radius 3 is 2.63 bits per heavy atom. The fraction of sp³-hybridized carbons (Fsp3) is 0.393. The van der Waals surface area contributed by atoms with Crippen molar-refractivity contribution in [1.82, 2.24) is 24.8 Å². The third kappa shape index (κ3) is 4.43. The van der Waals surface area contributed by atoms with Crippen LogP contribution in [0.25, 0.3) is 33.3 Å². The van der Waals surface area contributed by atoms with Gasteiger partial charge in [0, 0.05) is 31.9 Å². The number of carbonyl (C=O) groups is 1. The highest BCUT2D eigenvalue weighted by Gasteiger charge is 2.28. The fourth-order valence-corrected chi connectivity index (χ4v) is 5.88. The van der Waals surface area contributed by atoms with Crippen LogP contribution in [-0.4, -0.2) is 76.5 Å². The Morgan fingerprint density at radius 1 is 1.11 bits per heavy atom. The van der Waals surface area contributed by atoms with Gasteiger partial charge in [-0.2, -0.15) is 0 Å². The molecule has 4 N–H and O–H groups in total. The van der Waals surface area contributed by atoms with E-state index in [0.29, 0.717) is 29.1 Å². The number of aromatic amines is 2. The molecule has 0 bridgehead atoms. The summed E-state index contributed by atoms with van der Waals surface area (Å²) in [7, 11) is 1.77. The van der Waals surface area contributed by atoms with E-state index in [9.17, 15) is 14.0 Å². The molecule has 4 heterocycles. The Morgan fingerprint density at radius 2 is 1.87 bits per heavy atom. The van der Waals surface area contributed by atoms with Crippen molar-refractivity contribution in [3.8, 4) is 11.4 Å². The molecular formula is C28H32FN7O2. The average Bonchev–Trinajstić information content (AvgIpc) is 3.58. The highest BCUT2D eigenvalue weighted by atomic mass is 19.1. The SMILES string of the molecule is CN(C(=O)CN1CCC(N2CCCC2)CC1)c1ccc2nc(-c3c(N)c4c(F)cccc4[nH]c3=O)[nH]c2c1. The molecule has 2 aliphatic heterocycles. The summed E-state index contributed by atoms with van der Waals surface area (Å²) >= 11 is 0. The number of hydrogen-bond donors (Lipinski definition) is 3. The number of hydrogen-bond acceptors (Lipinski definition) is 6. The van der Waals surface area contributed by atoms with E-state index in [1.54, 1.807) is 24.1 Å². The quantitative estimate of drug-likeness (QED) is 0.374. The van der Waals surface area contributed by atoms with E-state index < -0.39 is 11.4 Å². The van der Waals surface area contributed by atoms with Crippen LogP contribution < -0.4 is 16.2 Å². The molecule has 0 radical (unpaired) electrons. The van der Waals surface area contributed by atoms with Crippen LogP contribution in [0, 0.1) is 5.82 Å². The molecule has 1 amide bonds. The molecule has 2 aromatic carbocycles. The van der Waals surface area contributed by atoms with Gasteiger partial charge in [-0.15, -0.1) is 0 Å². The summed E-state index contributed by atoms with van der Waals surface area (Å²) in [5.41, 5.74) is 8.21. The maximum Gasteiger partial charge on any atom is 0.261 e. The minimum Gasteiger partial charge on any atom is -0.397 e. The summed E-state index contributed by atoms with van der Waals surface area (Å²) in [5.74, 6) is -0.249. The van der Waals surface area contributed by atoms with Gasteiger partial charge in [-0.25, -0.2) is 9.37 Å². The number of nitrogens with two attached hydrogens (primary N) is 1. The lowest BCUT2D eigenvalue weighted by Crippen LogP contribution is -2.47. The predicted octanol–water partition coefficient (Wildman–Crippen LogP) is 3.32. The number of nitrogens with zero attached hydrogens (tertiary/aromatic N) is 4. The van der Waals surface area contributed by atoms with E-state index in [4.69, 9.17) is 5.73 Å². The standard InChI is InChI=1S/C28H32FN7O2/c1-34(23(37)16-35-13-9-17(10-14-35)36-11-2-3-12-36)18-7-8-20-22(15-18)32-27(31-20)25-26(30)24-19(29)5-4-6-21(24)33-28(25)38/h4-8,15,17H,2-3,9-14,16H2,1H3,(H,31,32)(H3,30,33,38). The molecule has 0 unspecified atom stereocenters. The molecule has 2 saturated heterocycles. The minimum atomic E-state index is -0.517. The molecule has 10 heteroatoms. The number of aromatic nitrogens is 3. The first-order valence-electron chi connectivity index (χ1n) is 13.2. The Labute approximate surface area is 219 Å². The second-order valence-corrected chi connectivity index (χ2v) is 10.4. The minimum absolute atomic E-state index is 0.0226. The summed E-state index contributed by atoms with van der Waals surface area (Å²) in [6.45, 7) is 4.67. The number of fused-ring (bicyclic) bond motifs is 2. The van der Waals surface area contributed by atoms with E-state index in [2.05, 4.69) is 24.8 Å². The molecular weight excluding hydrogens is 485 g/mol. The number of imidazole rings is 1. The number of benzene rings is 2. The third-order valence-electron chi connectivity index (χ3n) is 8.06. The molecule has 0 aliphatic carbocycles. The van der Waals surface area contributed by atoms with Gasteiger partial charge >= 0.3 is 0 Å². The van der Waals surface area contributed by atoms with Crippen molar-refractivity contribution in [3.63, 3.8) is 0 Å².